The lowest BCUT2D eigenvalue weighted by Gasteiger charge is -2.18. The maximum atomic E-state index is 12.7. The van der Waals surface area contributed by atoms with E-state index in [9.17, 15) is 18.0 Å². The number of amides is 3. The van der Waals surface area contributed by atoms with Crippen molar-refractivity contribution in [1.82, 2.24) is 14.3 Å². The lowest BCUT2D eigenvalue weighted by molar-refractivity contribution is -0.116. The fourth-order valence-electron chi connectivity index (χ4n) is 2.31. The Kier molecular flexibility index (Phi) is 8.11. The average molecular weight is 456 g/mol. The van der Waals surface area contributed by atoms with Crippen molar-refractivity contribution in [3.05, 3.63) is 52.2 Å². The zero-order valence-electron chi connectivity index (χ0n) is 15.8. The van der Waals surface area contributed by atoms with E-state index in [-0.39, 0.29) is 16.6 Å². The van der Waals surface area contributed by atoms with Gasteiger partial charge in [0.15, 0.2) is 0 Å². The molecule has 8 nitrogen and oxygen atoms in total. The third-order valence-electron chi connectivity index (χ3n) is 3.78. The normalized spacial score (nSPS) is 11.3. The van der Waals surface area contributed by atoms with Crippen LogP contribution in [-0.4, -0.2) is 44.8 Å². The minimum absolute atomic E-state index is 0.0830. The van der Waals surface area contributed by atoms with Crippen LogP contribution in [0, 0.1) is 0 Å². The molecule has 2 aromatic rings. The molecule has 0 atom stereocenters. The number of sulfonamides is 1. The SMILES string of the molecule is CNC(=O)N(S)S(=O)(=O)c1cc(CCNC(=O)C=Cc2cccs2)ccc1OC. The standard InChI is InChI=1S/C18H21N3O5S3/c1-19-18(23)21(27)29(24,25)16-12-13(5-7-15(16)26-2)9-10-20-17(22)8-6-14-4-3-11-28-14/h3-8,11-12,27H,9-10H2,1-2H3,(H,19,23)(H,20,22). The molecule has 0 saturated heterocycles. The van der Waals surface area contributed by atoms with Gasteiger partial charge in [-0.1, -0.05) is 12.1 Å². The fraction of sp³-hybridized carbons (Fsp3) is 0.222. The first-order valence-corrected chi connectivity index (χ1v) is 11.1. The number of nitrogens with zero attached hydrogens (tertiary/aromatic N) is 1. The topological polar surface area (TPSA) is 105 Å². The van der Waals surface area contributed by atoms with Gasteiger partial charge in [0.2, 0.25) is 5.91 Å². The molecule has 1 aromatic heterocycles. The zero-order valence-corrected chi connectivity index (χ0v) is 18.3. The number of thiol groups is 1. The fourth-order valence-corrected chi connectivity index (χ4v) is 4.49. The third kappa shape index (κ3) is 5.99. The van der Waals surface area contributed by atoms with Crippen LogP contribution in [0.15, 0.2) is 46.7 Å². The first kappa shape index (κ1) is 22.8. The lowest BCUT2D eigenvalue weighted by atomic mass is 10.1. The van der Waals surface area contributed by atoms with Gasteiger partial charge in [0.25, 0.3) is 10.0 Å². The van der Waals surface area contributed by atoms with Crippen LogP contribution >= 0.6 is 24.2 Å². The largest absolute Gasteiger partial charge is 0.495 e. The highest BCUT2D eigenvalue weighted by Crippen LogP contribution is 2.29. The molecule has 29 heavy (non-hydrogen) atoms. The Labute approximate surface area is 179 Å². The van der Waals surface area contributed by atoms with Crippen LogP contribution in [0.3, 0.4) is 0 Å². The number of nitrogens with one attached hydrogen (secondary N) is 2. The summed E-state index contributed by atoms with van der Waals surface area (Å²) >= 11 is 5.30. The van der Waals surface area contributed by atoms with E-state index in [2.05, 4.69) is 23.4 Å². The second kappa shape index (κ2) is 10.3. The number of benzene rings is 1. The molecule has 156 valence electrons. The summed E-state index contributed by atoms with van der Waals surface area (Å²) < 4.78 is 30.8. The van der Waals surface area contributed by atoms with Gasteiger partial charge in [-0.2, -0.15) is 12.1 Å². The van der Waals surface area contributed by atoms with Crippen molar-refractivity contribution in [2.45, 2.75) is 11.3 Å². The van der Waals surface area contributed by atoms with Crippen LogP contribution < -0.4 is 15.4 Å². The van der Waals surface area contributed by atoms with E-state index >= 15 is 0 Å². The lowest BCUT2D eigenvalue weighted by Crippen LogP contribution is -2.35. The van der Waals surface area contributed by atoms with E-state index in [0.717, 1.165) is 4.88 Å². The summed E-state index contributed by atoms with van der Waals surface area (Å²) in [6.45, 7) is 0.305. The first-order valence-electron chi connectivity index (χ1n) is 8.42. The van der Waals surface area contributed by atoms with Gasteiger partial charge in [0.1, 0.15) is 10.6 Å². The minimum atomic E-state index is -4.23. The molecular weight excluding hydrogens is 434 g/mol. The number of methoxy groups -OCH3 is 1. The van der Waals surface area contributed by atoms with Gasteiger partial charge in [-0.25, -0.2) is 4.79 Å². The number of hydrogen-bond donors (Lipinski definition) is 3. The Balaban J connectivity index is 2.08. The maximum absolute atomic E-state index is 12.7. The minimum Gasteiger partial charge on any atom is -0.495 e. The van der Waals surface area contributed by atoms with Crippen LogP contribution in [0.2, 0.25) is 0 Å². The summed E-state index contributed by atoms with van der Waals surface area (Å²) in [5, 5.41) is 6.86. The Morgan fingerprint density at radius 1 is 1.31 bits per heavy atom. The summed E-state index contributed by atoms with van der Waals surface area (Å²) in [4.78, 5) is 24.3. The Hall–Kier alpha value is -2.50. The van der Waals surface area contributed by atoms with E-state index in [1.54, 1.807) is 12.1 Å². The van der Waals surface area contributed by atoms with Gasteiger partial charge in [-0.3, -0.25) is 4.79 Å². The summed E-state index contributed by atoms with van der Waals surface area (Å²) in [6.07, 6.45) is 3.55. The van der Waals surface area contributed by atoms with Crippen molar-refractivity contribution >= 4 is 52.2 Å². The quantitative estimate of drug-likeness (QED) is 0.419. The molecule has 0 aliphatic carbocycles. The van der Waals surface area contributed by atoms with E-state index in [0.29, 0.717) is 22.2 Å². The van der Waals surface area contributed by atoms with Crippen molar-refractivity contribution < 1.29 is 22.7 Å². The molecule has 0 unspecified atom stereocenters. The average Bonchev–Trinajstić information content (AvgIpc) is 3.24. The van der Waals surface area contributed by atoms with Gasteiger partial charge < -0.3 is 15.4 Å². The maximum Gasteiger partial charge on any atom is 0.341 e. The summed E-state index contributed by atoms with van der Waals surface area (Å²) in [7, 11) is -1.60. The van der Waals surface area contributed by atoms with Crippen LogP contribution in [0.5, 0.6) is 5.75 Å². The molecule has 0 saturated carbocycles. The molecule has 0 fully saturated rings. The van der Waals surface area contributed by atoms with Gasteiger partial charge >= 0.3 is 6.03 Å². The molecule has 3 amide bonds. The number of ether oxygens (including phenoxy) is 1. The van der Waals surface area contributed by atoms with Crippen molar-refractivity contribution in [2.75, 3.05) is 20.7 Å². The van der Waals surface area contributed by atoms with Crippen molar-refractivity contribution in [3.8, 4) is 5.75 Å². The van der Waals surface area contributed by atoms with Gasteiger partial charge in [0, 0.05) is 24.5 Å². The zero-order chi connectivity index (χ0) is 21.4. The van der Waals surface area contributed by atoms with Crippen molar-refractivity contribution in [2.24, 2.45) is 0 Å². The molecule has 0 bridgehead atoms. The molecule has 0 aliphatic heterocycles. The number of hydrogen-bond acceptors (Lipinski definition) is 7. The van der Waals surface area contributed by atoms with Gasteiger partial charge in [-0.05, 0) is 54.5 Å². The number of urea groups is 1. The summed E-state index contributed by atoms with van der Waals surface area (Å²) in [6, 6.07) is 7.48. The number of rotatable bonds is 8. The van der Waals surface area contributed by atoms with E-state index in [4.69, 9.17) is 4.74 Å². The van der Waals surface area contributed by atoms with Crippen LogP contribution in [0.4, 0.5) is 4.79 Å². The van der Waals surface area contributed by atoms with Crippen LogP contribution in [0.25, 0.3) is 6.08 Å². The van der Waals surface area contributed by atoms with Gasteiger partial charge in [0.05, 0.1) is 7.11 Å². The number of carbonyl (C=O) groups excluding carboxylic acids is 2. The van der Waals surface area contributed by atoms with Crippen molar-refractivity contribution in [3.63, 3.8) is 0 Å². The molecule has 2 N–H and O–H groups in total. The second-order valence-corrected chi connectivity index (χ2v) is 9.08. The van der Waals surface area contributed by atoms with E-state index in [1.165, 1.54) is 43.7 Å². The molecular formula is C18H21N3O5S3. The third-order valence-corrected chi connectivity index (χ3v) is 6.94. The van der Waals surface area contributed by atoms with Gasteiger partial charge in [-0.15, -0.1) is 11.3 Å². The Morgan fingerprint density at radius 2 is 2.07 bits per heavy atom. The predicted molar refractivity (Wildman–Crippen MR) is 116 cm³/mol. The summed E-state index contributed by atoms with van der Waals surface area (Å²) in [5.74, 6) is -0.166. The molecule has 1 aromatic carbocycles. The smallest absolute Gasteiger partial charge is 0.341 e. The first-order chi connectivity index (χ1) is 13.8. The molecule has 11 heteroatoms. The Bertz CT molecular complexity index is 988. The number of thiophene rings is 1. The summed E-state index contributed by atoms with van der Waals surface area (Å²) in [5.41, 5.74) is 0.644. The molecule has 1 heterocycles. The van der Waals surface area contributed by atoms with E-state index in [1.807, 2.05) is 17.5 Å². The predicted octanol–water partition coefficient (Wildman–Crippen LogP) is 2.30. The van der Waals surface area contributed by atoms with Crippen molar-refractivity contribution in [1.29, 1.82) is 0 Å². The second-order valence-electron chi connectivity index (χ2n) is 5.68. The monoisotopic (exact) mass is 455 g/mol. The van der Waals surface area contributed by atoms with E-state index < -0.39 is 16.1 Å². The number of carbonyl (C=O) groups is 2. The van der Waals surface area contributed by atoms with Crippen LogP contribution in [0.1, 0.15) is 10.4 Å². The molecule has 0 radical (unpaired) electrons. The highest BCUT2D eigenvalue weighted by molar-refractivity contribution is 8.00. The highest BCUT2D eigenvalue weighted by atomic mass is 32.3. The van der Waals surface area contributed by atoms with Crippen LogP contribution in [-0.2, 0) is 21.2 Å². The highest BCUT2D eigenvalue weighted by Gasteiger charge is 2.29. The Morgan fingerprint density at radius 3 is 2.69 bits per heavy atom. The molecule has 0 aliphatic rings. The molecule has 2 rings (SSSR count). The molecule has 0 spiro atoms.